The van der Waals surface area contributed by atoms with Crippen LogP contribution in [0.4, 0.5) is 0 Å². The van der Waals surface area contributed by atoms with Crippen molar-refractivity contribution >= 4 is 16.8 Å². The molecule has 1 aromatic carbocycles. The third-order valence-corrected chi connectivity index (χ3v) is 5.75. The van der Waals surface area contributed by atoms with Gasteiger partial charge in [-0.05, 0) is 41.7 Å². The Balaban J connectivity index is 1.56. The number of aromatic nitrogens is 1. The largest absolute Gasteiger partial charge is 0.361 e. The smallest absolute Gasteiger partial charge is 0.227 e. The molecule has 23 heavy (non-hydrogen) atoms. The van der Waals surface area contributed by atoms with Gasteiger partial charge >= 0.3 is 0 Å². The molecule has 1 amide bonds. The van der Waals surface area contributed by atoms with Gasteiger partial charge in [0.1, 0.15) is 0 Å². The number of amides is 1. The average molecular weight is 310 g/mol. The first-order chi connectivity index (χ1) is 10.9. The van der Waals surface area contributed by atoms with Gasteiger partial charge in [0.25, 0.3) is 0 Å². The van der Waals surface area contributed by atoms with E-state index >= 15 is 0 Å². The van der Waals surface area contributed by atoms with E-state index in [9.17, 15) is 4.79 Å². The highest BCUT2D eigenvalue weighted by atomic mass is 16.2. The van der Waals surface area contributed by atoms with E-state index in [0.717, 1.165) is 24.0 Å². The van der Waals surface area contributed by atoms with Crippen LogP contribution in [0.5, 0.6) is 0 Å². The van der Waals surface area contributed by atoms with Gasteiger partial charge in [-0.2, -0.15) is 0 Å². The summed E-state index contributed by atoms with van der Waals surface area (Å²) in [6, 6.07) is 8.66. The fourth-order valence-corrected chi connectivity index (χ4v) is 5.29. The van der Waals surface area contributed by atoms with Gasteiger partial charge in [0.15, 0.2) is 0 Å². The lowest BCUT2D eigenvalue weighted by Gasteiger charge is -2.39. The molecule has 0 unspecified atom stereocenters. The quantitative estimate of drug-likeness (QED) is 0.889. The molecule has 2 aromatic rings. The van der Waals surface area contributed by atoms with Gasteiger partial charge in [0, 0.05) is 29.7 Å². The monoisotopic (exact) mass is 310 g/mol. The molecule has 1 aliphatic carbocycles. The number of likely N-dealkylation sites (tertiary alicyclic amines) is 1. The lowest BCUT2D eigenvalue weighted by Crippen LogP contribution is -2.38. The molecule has 122 valence electrons. The second-order valence-corrected chi connectivity index (χ2v) is 8.77. The predicted molar refractivity (Wildman–Crippen MR) is 93.2 cm³/mol. The Labute approximate surface area is 138 Å². The van der Waals surface area contributed by atoms with E-state index in [2.05, 4.69) is 42.8 Å². The van der Waals surface area contributed by atoms with E-state index in [0.29, 0.717) is 29.2 Å². The number of hydrogen-bond donors (Lipinski definition) is 1. The first kappa shape index (κ1) is 14.8. The highest BCUT2D eigenvalue weighted by Crippen LogP contribution is 2.52. The highest BCUT2D eigenvalue weighted by Gasteiger charge is 2.50. The number of rotatable bonds is 2. The number of carbonyl (C=O) groups is 1. The molecule has 3 heteroatoms. The summed E-state index contributed by atoms with van der Waals surface area (Å²) in [5.74, 6) is 0.293. The zero-order chi connectivity index (χ0) is 16.2. The van der Waals surface area contributed by atoms with Crippen molar-refractivity contribution in [2.75, 3.05) is 6.54 Å². The molecular weight excluding hydrogens is 284 g/mol. The third kappa shape index (κ3) is 2.56. The van der Waals surface area contributed by atoms with Gasteiger partial charge in [0.2, 0.25) is 5.91 Å². The Bertz CT molecular complexity index is 760. The van der Waals surface area contributed by atoms with E-state index in [1.807, 2.05) is 18.3 Å². The standard InChI is InChI=1S/C20H26N2O/c1-19(2)9-15-10-20(3,12-19)13-22(15)18(23)8-14-11-21-17-7-5-4-6-16(14)17/h4-7,11,15,21H,8-10,12-13H2,1-3H3/t15-,20-/m1/s1. The lowest BCUT2D eigenvalue weighted by molar-refractivity contribution is -0.131. The number of para-hydroxylation sites is 1. The molecule has 0 radical (unpaired) electrons. The Kier molecular flexibility index (Phi) is 3.13. The van der Waals surface area contributed by atoms with Crippen LogP contribution >= 0.6 is 0 Å². The zero-order valence-corrected chi connectivity index (χ0v) is 14.4. The molecule has 4 rings (SSSR count). The van der Waals surface area contributed by atoms with Crippen molar-refractivity contribution in [2.45, 2.75) is 52.5 Å². The van der Waals surface area contributed by atoms with Gasteiger partial charge in [-0.15, -0.1) is 0 Å². The van der Waals surface area contributed by atoms with Gasteiger partial charge < -0.3 is 9.88 Å². The minimum absolute atomic E-state index is 0.293. The Hall–Kier alpha value is -1.77. The van der Waals surface area contributed by atoms with E-state index in [1.54, 1.807) is 0 Å². The van der Waals surface area contributed by atoms with Crippen LogP contribution < -0.4 is 0 Å². The van der Waals surface area contributed by atoms with Gasteiger partial charge in [-0.1, -0.05) is 39.0 Å². The molecule has 1 N–H and O–H groups in total. The summed E-state index contributed by atoms with van der Waals surface area (Å²) >= 11 is 0. The fourth-order valence-electron chi connectivity index (χ4n) is 5.29. The number of aromatic amines is 1. The van der Waals surface area contributed by atoms with Gasteiger partial charge in [-0.3, -0.25) is 4.79 Å². The topological polar surface area (TPSA) is 36.1 Å². The number of nitrogens with zero attached hydrogens (tertiary/aromatic N) is 1. The average Bonchev–Trinajstić information content (AvgIpc) is 2.97. The van der Waals surface area contributed by atoms with Crippen LogP contribution in [0, 0.1) is 10.8 Å². The highest BCUT2D eigenvalue weighted by molar-refractivity contribution is 5.89. The number of H-pyrrole nitrogens is 1. The van der Waals surface area contributed by atoms with E-state index < -0.39 is 0 Å². The molecule has 2 atom stereocenters. The Morgan fingerprint density at radius 2 is 2.04 bits per heavy atom. The summed E-state index contributed by atoms with van der Waals surface area (Å²) in [7, 11) is 0. The van der Waals surface area contributed by atoms with Crippen molar-refractivity contribution in [3.05, 3.63) is 36.0 Å². The fraction of sp³-hybridized carbons (Fsp3) is 0.550. The molecule has 1 aliphatic heterocycles. The molecule has 2 bridgehead atoms. The van der Waals surface area contributed by atoms with E-state index in [4.69, 9.17) is 0 Å². The molecule has 3 nitrogen and oxygen atoms in total. The molecule has 2 aliphatic rings. The van der Waals surface area contributed by atoms with Crippen LogP contribution in [0.15, 0.2) is 30.5 Å². The van der Waals surface area contributed by atoms with Crippen molar-refractivity contribution in [1.29, 1.82) is 0 Å². The molecule has 2 fully saturated rings. The second-order valence-electron chi connectivity index (χ2n) is 8.77. The maximum absolute atomic E-state index is 13.0. The van der Waals surface area contributed by atoms with E-state index in [-0.39, 0.29) is 0 Å². The number of benzene rings is 1. The van der Waals surface area contributed by atoms with E-state index in [1.165, 1.54) is 18.2 Å². The minimum Gasteiger partial charge on any atom is -0.361 e. The van der Waals surface area contributed by atoms with Crippen molar-refractivity contribution < 1.29 is 4.79 Å². The first-order valence-corrected chi connectivity index (χ1v) is 8.70. The van der Waals surface area contributed by atoms with Gasteiger partial charge in [-0.25, -0.2) is 0 Å². The zero-order valence-electron chi connectivity index (χ0n) is 14.4. The summed E-state index contributed by atoms with van der Waals surface area (Å²) < 4.78 is 0. The Morgan fingerprint density at radius 3 is 2.87 bits per heavy atom. The van der Waals surface area contributed by atoms with Crippen molar-refractivity contribution in [3.63, 3.8) is 0 Å². The molecule has 1 aromatic heterocycles. The maximum atomic E-state index is 13.0. The summed E-state index contributed by atoms with van der Waals surface area (Å²) in [6.07, 6.45) is 6.05. The Morgan fingerprint density at radius 1 is 1.26 bits per heavy atom. The number of nitrogens with one attached hydrogen (secondary N) is 1. The SMILES string of the molecule is CC1(C)C[C@@H]2C[C@@](C)(CN2C(=O)Cc2c[nH]c3ccccc23)C1. The molecule has 2 heterocycles. The van der Waals surface area contributed by atoms with Crippen molar-refractivity contribution in [3.8, 4) is 0 Å². The van der Waals surface area contributed by atoms with Crippen LogP contribution in [-0.4, -0.2) is 28.4 Å². The number of carbonyl (C=O) groups excluding carboxylic acids is 1. The number of hydrogen-bond acceptors (Lipinski definition) is 1. The van der Waals surface area contributed by atoms with Crippen LogP contribution in [0.25, 0.3) is 10.9 Å². The summed E-state index contributed by atoms with van der Waals surface area (Å²) in [5.41, 5.74) is 2.90. The van der Waals surface area contributed by atoms with Crippen LogP contribution in [0.1, 0.15) is 45.6 Å². The summed E-state index contributed by atoms with van der Waals surface area (Å²) in [6.45, 7) is 8.00. The molecular formula is C20H26N2O. The summed E-state index contributed by atoms with van der Waals surface area (Å²) in [4.78, 5) is 18.4. The molecule has 1 saturated heterocycles. The van der Waals surface area contributed by atoms with Gasteiger partial charge in [0.05, 0.1) is 6.42 Å². The number of fused-ring (bicyclic) bond motifs is 3. The normalized spacial score (nSPS) is 29.2. The third-order valence-electron chi connectivity index (χ3n) is 5.75. The summed E-state index contributed by atoms with van der Waals surface area (Å²) in [5, 5.41) is 1.18. The van der Waals surface area contributed by atoms with Crippen molar-refractivity contribution in [2.24, 2.45) is 10.8 Å². The molecule has 0 spiro atoms. The minimum atomic E-state index is 0.293. The predicted octanol–water partition coefficient (Wildman–Crippen LogP) is 4.14. The van der Waals surface area contributed by atoms with Crippen LogP contribution in [0.2, 0.25) is 0 Å². The molecule has 1 saturated carbocycles. The van der Waals surface area contributed by atoms with Crippen LogP contribution in [-0.2, 0) is 11.2 Å². The maximum Gasteiger partial charge on any atom is 0.227 e. The lowest BCUT2D eigenvalue weighted by atomic mass is 9.65. The first-order valence-electron chi connectivity index (χ1n) is 8.70. The second kappa shape index (κ2) is 4.86. The van der Waals surface area contributed by atoms with Crippen LogP contribution in [0.3, 0.4) is 0 Å². The van der Waals surface area contributed by atoms with Crippen molar-refractivity contribution in [1.82, 2.24) is 9.88 Å².